The van der Waals surface area contributed by atoms with E-state index in [9.17, 15) is 4.79 Å². The summed E-state index contributed by atoms with van der Waals surface area (Å²) >= 11 is 0. The summed E-state index contributed by atoms with van der Waals surface area (Å²) in [5.74, 6) is 0.145. The van der Waals surface area contributed by atoms with E-state index in [1.54, 1.807) is 0 Å². The first-order chi connectivity index (χ1) is 11.1. The highest BCUT2D eigenvalue weighted by molar-refractivity contribution is 5.81. The van der Waals surface area contributed by atoms with Gasteiger partial charge in [0.05, 0.1) is 18.8 Å². The first-order valence-corrected chi connectivity index (χ1v) is 9.02. The van der Waals surface area contributed by atoms with Crippen LogP contribution in [0.1, 0.15) is 39.0 Å². The molecule has 2 rings (SSSR count). The van der Waals surface area contributed by atoms with Gasteiger partial charge in [0.25, 0.3) is 0 Å². The number of carbonyl (C=O) groups excluding carboxylic acids is 1. The quantitative estimate of drug-likeness (QED) is 0.724. The molecule has 2 atom stereocenters. The van der Waals surface area contributed by atoms with Gasteiger partial charge in [0.2, 0.25) is 5.91 Å². The maximum atomic E-state index is 12.4. The lowest BCUT2D eigenvalue weighted by Gasteiger charge is -2.37. The van der Waals surface area contributed by atoms with Gasteiger partial charge in [0, 0.05) is 26.2 Å². The topological polar surface area (TPSA) is 44.8 Å². The Labute approximate surface area is 141 Å². The van der Waals surface area contributed by atoms with E-state index in [0.29, 0.717) is 6.61 Å². The molecule has 0 aromatic heterocycles. The van der Waals surface area contributed by atoms with Crippen molar-refractivity contribution in [1.29, 1.82) is 0 Å². The molecule has 0 unspecified atom stereocenters. The molecule has 2 aliphatic rings. The van der Waals surface area contributed by atoms with Crippen molar-refractivity contribution in [3.05, 3.63) is 11.6 Å². The predicted molar refractivity (Wildman–Crippen MR) is 93.5 cm³/mol. The Morgan fingerprint density at radius 2 is 2.30 bits per heavy atom. The second kappa shape index (κ2) is 9.40. The maximum Gasteiger partial charge on any atom is 0.237 e. The van der Waals surface area contributed by atoms with E-state index in [0.717, 1.165) is 32.6 Å². The third-order valence-corrected chi connectivity index (χ3v) is 4.80. The van der Waals surface area contributed by atoms with Gasteiger partial charge in [0.1, 0.15) is 0 Å². The molecule has 1 fully saturated rings. The highest BCUT2D eigenvalue weighted by Crippen LogP contribution is 2.19. The first kappa shape index (κ1) is 18.4. The van der Waals surface area contributed by atoms with Crippen LogP contribution in [-0.2, 0) is 9.53 Å². The number of likely N-dealkylation sites (N-methyl/N-ethyl adjacent to an activating group) is 1. The second-order valence-corrected chi connectivity index (χ2v) is 7.08. The average Bonchev–Trinajstić information content (AvgIpc) is 2.54. The molecule has 0 aromatic carbocycles. The summed E-state index contributed by atoms with van der Waals surface area (Å²) in [6.45, 7) is 6.05. The van der Waals surface area contributed by atoms with Gasteiger partial charge in [-0.2, -0.15) is 0 Å². The molecule has 1 aliphatic carbocycles. The molecule has 5 nitrogen and oxygen atoms in total. The number of amides is 1. The summed E-state index contributed by atoms with van der Waals surface area (Å²) in [6, 6.07) is -0.0797. The minimum Gasteiger partial charge on any atom is -0.374 e. The average molecular weight is 323 g/mol. The van der Waals surface area contributed by atoms with Crippen molar-refractivity contribution in [3.8, 4) is 0 Å². The van der Waals surface area contributed by atoms with Crippen molar-refractivity contribution in [3.63, 3.8) is 0 Å². The Bertz CT molecular complexity index is 409. The third-order valence-electron chi connectivity index (χ3n) is 4.80. The molecule has 5 heteroatoms. The zero-order valence-corrected chi connectivity index (χ0v) is 15.0. The van der Waals surface area contributed by atoms with Crippen LogP contribution in [0.3, 0.4) is 0 Å². The Morgan fingerprint density at radius 1 is 1.48 bits per heavy atom. The number of nitrogens with one attached hydrogen (secondary N) is 1. The zero-order chi connectivity index (χ0) is 16.7. The van der Waals surface area contributed by atoms with Crippen LogP contribution < -0.4 is 5.32 Å². The van der Waals surface area contributed by atoms with Crippen LogP contribution in [0, 0.1) is 0 Å². The Hall–Kier alpha value is -0.910. The van der Waals surface area contributed by atoms with Gasteiger partial charge in [-0.1, -0.05) is 11.6 Å². The molecule has 1 aliphatic heterocycles. The SMILES string of the molecule is C[C@@H](C(=O)NCCC1=CCCCC1)N1CCO[C@@H](CN(C)C)C1. The molecule has 0 saturated carbocycles. The molecule has 1 amide bonds. The standard InChI is InChI=1S/C18H33N3O2/c1-15(21-11-12-23-17(14-21)13-20(2)3)18(22)19-10-9-16-7-5-4-6-8-16/h7,15,17H,4-6,8-14H2,1-3H3,(H,19,22)/t15-,17-/m0/s1. The number of hydrogen-bond donors (Lipinski definition) is 1. The Morgan fingerprint density at radius 3 is 3.00 bits per heavy atom. The number of nitrogens with zero attached hydrogens (tertiary/aromatic N) is 2. The summed E-state index contributed by atoms with van der Waals surface area (Å²) in [7, 11) is 4.11. The van der Waals surface area contributed by atoms with Crippen LogP contribution in [0.2, 0.25) is 0 Å². The van der Waals surface area contributed by atoms with Crippen LogP contribution in [0.25, 0.3) is 0 Å². The largest absolute Gasteiger partial charge is 0.374 e. The lowest BCUT2D eigenvalue weighted by molar-refractivity contribution is -0.129. The molecule has 0 aromatic rings. The lowest BCUT2D eigenvalue weighted by Crippen LogP contribution is -2.54. The summed E-state index contributed by atoms with van der Waals surface area (Å²) in [6.07, 6.45) is 8.59. The Kier molecular flexibility index (Phi) is 7.53. The number of allylic oxidation sites excluding steroid dienone is 1. The van der Waals surface area contributed by atoms with Crippen LogP contribution in [0.15, 0.2) is 11.6 Å². The van der Waals surface area contributed by atoms with Crippen molar-refractivity contribution in [2.45, 2.75) is 51.2 Å². The number of carbonyl (C=O) groups is 1. The smallest absolute Gasteiger partial charge is 0.237 e. The summed E-state index contributed by atoms with van der Waals surface area (Å²) in [5.41, 5.74) is 1.52. The summed E-state index contributed by atoms with van der Waals surface area (Å²) in [5, 5.41) is 3.11. The highest BCUT2D eigenvalue weighted by atomic mass is 16.5. The Balaban J connectivity index is 1.71. The molecule has 0 bridgehead atoms. The van der Waals surface area contributed by atoms with Crippen LogP contribution in [0.4, 0.5) is 0 Å². The maximum absolute atomic E-state index is 12.4. The number of hydrogen-bond acceptors (Lipinski definition) is 4. The van der Waals surface area contributed by atoms with Gasteiger partial charge < -0.3 is 15.0 Å². The van der Waals surface area contributed by atoms with E-state index in [2.05, 4.69) is 35.3 Å². The summed E-state index contributed by atoms with van der Waals surface area (Å²) in [4.78, 5) is 16.8. The minimum atomic E-state index is -0.0797. The molecule has 1 saturated heterocycles. The number of ether oxygens (including phenoxy) is 1. The normalized spacial score (nSPS) is 24.3. The molecule has 132 valence electrons. The van der Waals surface area contributed by atoms with E-state index in [-0.39, 0.29) is 18.1 Å². The highest BCUT2D eigenvalue weighted by Gasteiger charge is 2.27. The molecule has 1 N–H and O–H groups in total. The van der Waals surface area contributed by atoms with E-state index in [1.807, 2.05) is 6.92 Å². The van der Waals surface area contributed by atoms with Gasteiger partial charge in [-0.3, -0.25) is 9.69 Å². The molecular weight excluding hydrogens is 290 g/mol. The van der Waals surface area contributed by atoms with Crippen molar-refractivity contribution in [1.82, 2.24) is 15.1 Å². The van der Waals surface area contributed by atoms with Crippen molar-refractivity contribution < 1.29 is 9.53 Å². The molecule has 1 heterocycles. The van der Waals surface area contributed by atoms with Crippen molar-refractivity contribution in [2.24, 2.45) is 0 Å². The molecular formula is C18H33N3O2. The minimum absolute atomic E-state index is 0.0797. The van der Waals surface area contributed by atoms with Crippen LogP contribution >= 0.6 is 0 Å². The van der Waals surface area contributed by atoms with Gasteiger partial charge >= 0.3 is 0 Å². The van der Waals surface area contributed by atoms with Crippen molar-refractivity contribution in [2.75, 3.05) is 46.9 Å². The molecule has 0 spiro atoms. The lowest BCUT2D eigenvalue weighted by atomic mass is 9.97. The second-order valence-electron chi connectivity index (χ2n) is 7.08. The van der Waals surface area contributed by atoms with Crippen LogP contribution in [-0.4, -0.2) is 74.7 Å². The van der Waals surface area contributed by atoms with Gasteiger partial charge in [-0.05, 0) is 53.1 Å². The van der Waals surface area contributed by atoms with E-state index in [1.165, 1.54) is 31.3 Å². The van der Waals surface area contributed by atoms with E-state index < -0.39 is 0 Å². The third kappa shape index (κ3) is 6.24. The monoisotopic (exact) mass is 323 g/mol. The fourth-order valence-corrected chi connectivity index (χ4v) is 3.40. The summed E-state index contributed by atoms with van der Waals surface area (Å²) < 4.78 is 5.79. The van der Waals surface area contributed by atoms with Crippen LogP contribution in [0.5, 0.6) is 0 Å². The number of rotatable bonds is 7. The van der Waals surface area contributed by atoms with Gasteiger partial charge in [-0.25, -0.2) is 0 Å². The van der Waals surface area contributed by atoms with E-state index >= 15 is 0 Å². The van der Waals surface area contributed by atoms with Crippen molar-refractivity contribution >= 4 is 5.91 Å². The number of morpholine rings is 1. The van der Waals surface area contributed by atoms with Gasteiger partial charge in [0.15, 0.2) is 0 Å². The van der Waals surface area contributed by atoms with Gasteiger partial charge in [-0.15, -0.1) is 0 Å². The van der Waals surface area contributed by atoms with E-state index in [4.69, 9.17) is 4.74 Å². The predicted octanol–water partition coefficient (Wildman–Crippen LogP) is 1.64. The zero-order valence-electron chi connectivity index (χ0n) is 15.0. The first-order valence-electron chi connectivity index (χ1n) is 9.02. The fourth-order valence-electron chi connectivity index (χ4n) is 3.40. The molecule has 0 radical (unpaired) electrons. The fraction of sp³-hybridized carbons (Fsp3) is 0.833. The molecule has 23 heavy (non-hydrogen) atoms.